The Balaban J connectivity index is 1.39. The average Bonchev–Trinajstić information content (AvgIpc) is 3.14. The molecule has 142 valence electrons. The van der Waals surface area contributed by atoms with Crippen LogP contribution in [0, 0.1) is 12.3 Å². The molecule has 2 aromatic rings. The molecular formula is C21H25N3O3. The van der Waals surface area contributed by atoms with Crippen LogP contribution in [-0.2, 0) is 10.2 Å². The number of benzene rings is 1. The molecule has 1 aromatic carbocycles. The molecule has 1 heterocycles. The van der Waals surface area contributed by atoms with Gasteiger partial charge in [0.25, 0.3) is 0 Å². The first-order valence-corrected chi connectivity index (χ1v) is 9.55. The lowest BCUT2D eigenvalue weighted by atomic mass is 9.53. The number of rotatable bonds is 6. The van der Waals surface area contributed by atoms with Crippen molar-refractivity contribution in [3.63, 3.8) is 0 Å². The highest BCUT2D eigenvalue weighted by Gasteiger charge is 2.51. The van der Waals surface area contributed by atoms with E-state index in [0.29, 0.717) is 11.3 Å². The van der Waals surface area contributed by atoms with Crippen LogP contribution in [0.15, 0.2) is 34.9 Å². The standard InChI is InChI=1S/C21H25N3O3/c1-15-23-19(24-27-15)21-10-7-20(8-11-21,9-12-21)14-22-17-4-2-3-16(13-17)5-6-18(25)26/h2-6,13,22H,7-12,14H2,1H3,(H,25,26)/b6-5+. The molecule has 0 amide bonds. The molecule has 3 fully saturated rings. The summed E-state index contributed by atoms with van der Waals surface area (Å²) in [5, 5.41) is 16.6. The number of nitrogens with one attached hydrogen (secondary N) is 1. The Morgan fingerprint density at radius 1 is 1.26 bits per heavy atom. The van der Waals surface area contributed by atoms with Gasteiger partial charge >= 0.3 is 5.97 Å². The summed E-state index contributed by atoms with van der Waals surface area (Å²) in [4.78, 5) is 15.2. The van der Waals surface area contributed by atoms with Crippen LogP contribution in [0.1, 0.15) is 55.8 Å². The van der Waals surface area contributed by atoms with E-state index in [1.165, 1.54) is 25.3 Å². The van der Waals surface area contributed by atoms with E-state index in [1.807, 2.05) is 31.2 Å². The molecule has 0 saturated heterocycles. The first-order valence-electron chi connectivity index (χ1n) is 9.55. The fourth-order valence-electron chi connectivity index (χ4n) is 4.59. The Kier molecular flexibility index (Phi) is 4.50. The Morgan fingerprint density at radius 3 is 2.63 bits per heavy atom. The SMILES string of the molecule is Cc1nc(C23CCC(CNc4cccc(/C=C/C(=O)O)c4)(CC2)CC3)no1. The molecule has 2 bridgehead atoms. The van der Waals surface area contributed by atoms with E-state index in [9.17, 15) is 4.79 Å². The van der Waals surface area contributed by atoms with Gasteiger partial charge < -0.3 is 14.9 Å². The van der Waals surface area contributed by atoms with Crippen molar-refractivity contribution in [1.29, 1.82) is 0 Å². The number of aromatic nitrogens is 2. The Morgan fingerprint density at radius 2 is 2.00 bits per heavy atom. The van der Waals surface area contributed by atoms with E-state index in [2.05, 4.69) is 15.5 Å². The number of aryl methyl sites for hydroxylation is 1. The van der Waals surface area contributed by atoms with Crippen molar-refractivity contribution in [2.75, 3.05) is 11.9 Å². The van der Waals surface area contributed by atoms with Crippen molar-refractivity contribution in [2.45, 2.75) is 50.9 Å². The molecule has 6 heteroatoms. The molecule has 1 aromatic heterocycles. The van der Waals surface area contributed by atoms with E-state index in [1.54, 1.807) is 6.08 Å². The van der Waals surface area contributed by atoms with Crippen LogP contribution >= 0.6 is 0 Å². The average molecular weight is 367 g/mol. The monoisotopic (exact) mass is 367 g/mol. The fraction of sp³-hybridized carbons (Fsp3) is 0.476. The zero-order valence-corrected chi connectivity index (χ0v) is 15.6. The summed E-state index contributed by atoms with van der Waals surface area (Å²) in [6.45, 7) is 2.80. The molecule has 0 spiro atoms. The summed E-state index contributed by atoms with van der Waals surface area (Å²) in [5.41, 5.74) is 2.36. The first kappa shape index (κ1) is 17.8. The topological polar surface area (TPSA) is 88.2 Å². The highest BCUT2D eigenvalue weighted by molar-refractivity contribution is 5.85. The van der Waals surface area contributed by atoms with Crippen LogP contribution in [0.2, 0.25) is 0 Å². The van der Waals surface area contributed by atoms with Gasteiger partial charge in [0, 0.05) is 30.6 Å². The van der Waals surface area contributed by atoms with Crippen molar-refractivity contribution in [2.24, 2.45) is 5.41 Å². The van der Waals surface area contributed by atoms with Crippen LogP contribution < -0.4 is 5.32 Å². The number of carbonyl (C=O) groups is 1. The summed E-state index contributed by atoms with van der Waals surface area (Å²) in [5.74, 6) is 0.622. The first-order chi connectivity index (χ1) is 13.0. The Hall–Kier alpha value is -2.63. The van der Waals surface area contributed by atoms with Gasteiger partial charge in [0.15, 0.2) is 5.82 Å². The van der Waals surface area contributed by atoms with Gasteiger partial charge in [-0.3, -0.25) is 0 Å². The molecule has 0 radical (unpaired) electrons. The van der Waals surface area contributed by atoms with E-state index in [0.717, 1.165) is 42.9 Å². The number of anilines is 1. The molecule has 3 aliphatic rings. The minimum Gasteiger partial charge on any atom is -0.478 e. The fourth-order valence-corrected chi connectivity index (χ4v) is 4.59. The molecule has 6 nitrogen and oxygen atoms in total. The van der Waals surface area contributed by atoms with Crippen molar-refractivity contribution in [3.8, 4) is 0 Å². The summed E-state index contributed by atoms with van der Waals surface area (Å²) < 4.78 is 5.22. The predicted octanol–water partition coefficient (Wildman–Crippen LogP) is 4.18. The molecule has 0 atom stereocenters. The molecular weight excluding hydrogens is 342 g/mol. The predicted molar refractivity (Wildman–Crippen MR) is 102 cm³/mol. The number of carboxylic acids is 1. The lowest BCUT2D eigenvalue weighted by Crippen LogP contribution is -2.47. The second-order valence-corrected chi connectivity index (χ2v) is 8.07. The maximum absolute atomic E-state index is 10.7. The van der Waals surface area contributed by atoms with E-state index >= 15 is 0 Å². The maximum atomic E-state index is 10.7. The molecule has 3 aliphatic carbocycles. The normalized spacial score (nSPS) is 27.1. The van der Waals surface area contributed by atoms with E-state index in [-0.39, 0.29) is 5.41 Å². The molecule has 5 rings (SSSR count). The van der Waals surface area contributed by atoms with Gasteiger partial charge in [0.2, 0.25) is 5.89 Å². The minimum atomic E-state index is -0.933. The van der Waals surface area contributed by atoms with Gasteiger partial charge in [-0.05, 0) is 67.7 Å². The van der Waals surface area contributed by atoms with Gasteiger partial charge in [-0.15, -0.1) is 0 Å². The molecule has 3 saturated carbocycles. The third kappa shape index (κ3) is 3.61. The van der Waals surface area contributed by atoms with Gasteiger partial charge in [-0.25, -0.2) is 4.79 Å². The number of hydrogen-bond acceptors (Lipinski definition) is 5. The largest absolute Gasteiger partial charge is 0.478 e. The minimum absolute atomic E-state index is 0.112. The van der Waals surface area contributed by atoms with Crippen molar-refractivity contribution in [1.82, 2.24) is 10.1 Å². The van der Waals surface area contributed by atoms with Gasteiger partial charge in [0.05, 0.1) is 0 Å². The third-order valence-corrected chi connectivity index (χ3v) is 6.38. The number of hydrogen-bond donors (Lipinski definition) is 2. The zero-order valence-electron chi connectivity index (χ0n) is 15.6. The maximum Gasteiger partial charge on any atom is 0.328 e. The smallest absolute Gasteiger partial charge is 0.328 e. The van der Waals surface area contributed by atoms with Crippen molar-refractivity contribution in [3.05, 3.63) is 47.6 Å². The highest BCUT2D eigenvalue weighted by Crippen LogP contribution is 2.57. The quantitative estimate of drug-likeness (QED) is 0.745. The lowest BCUT2D eigenvalue weighted by Gasteiger charge is -2.52. The highest BCUT2D eigenvalue weighted by atomic mass is 16.5. The number of fused-ring (bicyclic) bond motifs is 3. The van der Waals surface area contributed by atoms with E-state index < -0.39 is 5.97 Å². The molecule has 0 unspecified atom stereocenters. The van der Waals surface area contributed by atoms with Crippen LogP contribution in [0.25, 0.3) is 6.08 Å². The van der Waals surface area contributed by atoms with Gasteiger partial charge in [0.1, 0.15) is 0 Å². The second kappa shape index (κ2) is 6.83. The summed E-state index contributed by atoms with van der Waals surface area (Å²) in [6, 6.07) is 7.89. The summed E-state index contributed by atoms with van der Waals surface area (Å²) in [6.07, 6.45) is 9.66. The van der Waals surface area contributed by atoms with Crippen molar-refractivity contribution < 1.29 is 14.4 Å². The van der Waals surface area contributed by atoms with Gasteiger partial charge in [-0.1, -0.05) is 17.3 Å². The number of aliphatic carboxylic acids is 1. The molecule has 0 aliphatic heterocycles. The lowest BCUT2D eigenvalue weighted by molar-refractivity contribution is -0.131. The third-order valence-electron chi connectivity index (χ3n) is 6.38. The van der Waals surface area contributed by atoms with Gasteiger partial charge in [-0.2, -0.15) is 4.98 Å². The number of nitrogens with zero attached hydrogens (tertiary/aromatic N) is 2. The Bertz CT molecular complexity index is 847. The Labute approximate surface area is 158 Å². The molecule has 2 N–H and O–H groups in total. The van der Waals surface area contributed by atoms with Crippen LogP contribution in [0.3, 0.4) is 0 Å². The summed E-state index contributed by atoms with van der Waals surface area (Å²) in [7, 11) is 0. The zero-order chi connectivity index (χ0) is 18.9. The van der Waals surface area contributed by atoms with Crippen molar-refractivity contribution >= 4 is 17.7 Å². The number of carboxylic acid groups (broad SMARTS) is 1. The van der Waals surface area contributed by atoms with Crippen LogP contribution in [0.5, 0.6) is 0 Å². The van der Waals surface area contributed by atoms with Crippen LogP contribution in [-0.4, -0.2) is 27.8 Å². The summed E-state index contributed by atoms with van der Waals surface area (Å²) >= 11 is 0. The molecule has 27 heavy (non-hydrogen) atoms. The second-order valence-electron chi connectivity index (χ2n) is 8.07. The van der Waals surface area contributed by atoms with E-state index in [4.69, 9.17) is 9.63 Å². The van der Waals surface area contributed by atoms with Crippen LogP contribution in [0.4, 0.5) is 5.69 Å².